The lowest BCUT2D eigenvalue weighted by Gasteiger charge is -2.16. The number of nitro groups is 1. The molecule has 0 saturated carbocycles. The Morgan fingerprint density at radius 2 is 2.00 bits per heavy atom. The van der Waals surface area contributed by atoms with E-state index in [0.717, 1.165) is 38.2 Å². The Morgan fingerprint density at radius 3 is 2.57 bits per heavy atom. The third-order valence-corrected chi connectivity index (χ3v) is 4.29. The summed E-state index contributed by atoms with van der Waals surface area (Å²) in [4.78, 5) is 13.3. The van der Waals surface area contributed by atoms with Crippen molar-refractivity contribution in [2.45, 2.75) is 33.7 Å². The molecule has 1 aromatic rings. The first kappa shape index (κ1) is 15.8. The molecule has 0 amide bonds. The third kappa shape index (κ3) is 3.94. The zero-order chi connectivity index (χ0) is 15.4. The Labute approximate surface area is 126 Å². The highest BCUT2D eigenvalue weighted by atomic mass is 16.6. The molecule has 1 saturated heterocycles. The maximum atomic E-state index is 11.2. The first-order valence-corrected chi connectivity index (χ1v) is 7.74. The van der Waals surface area contributed by atoms with Gasteiger partial charge in [0.25, 0.3) is 5.69 Å². The quantitative estimate of drug-likeness (QED) is 0.643. The summed E-state index contributed by atoms with van der Waals surface area (Å²) in [5.41, 5.74) is 1.82. The topological polar surface area (TPSA) is 58.4 Å². The van der Waals surface area contributed by atoms with E-state index < -0.39 is 0 Å². The first-order valence-electron chi connectivity index (χ1n) is 7.74. The molecule has 0 aliphatic carbocycles. The van der Waals surface area contributed by atoms with Crippen molar-refractivity contribution < 1.29 is 4.92 Å². The Kier molecular flexibility index (Phi) is 5.17. The van der Waals surface area contributed by atoms with E-state index in [1.54, 1.807) is 6.07 Å². The molecule has 2 unspecified atom stereocenters. The summed E-state index contributed by atoms with van der Waals surface area (Å²) in [7, 11) is 0. The Hall–Kier alpha value is -1.62. The van der Waals surface area contributed by atoms with Gasteiger partial charge in [0.15, 0.2) is 0 Å². The maximum Gasteiger partial charge on any atom is 0.292 e. The average Bonchev–Trinajstić information content (AvgIpc) is 2.75. The van der Waals surface area contributed by atoms with E-state index in [-0.39, 0.29) is 10.6 Å². The van der Waals surface area contributed by atoms with E-state index in [9.17, 15) is 10.1 Å². The van der Waals surface area contributed by atoms with Gasteiger partial charge in [-0.15, -0.1) is 0 Å². The van der Waals surface area contributed by atoms with Crippen molar-refractivity contribution in [3.63, 3.8) is 0 Å². The minimum absolute atomic E-state index is 0.182. The van der Waals surface area contributed by atoms with Crippen molar-refractivity contribution in [3.8, 4) is 0 Å². The predicted octanol–water partition coefficient (Wildman–Crippen LogP) is 3.50. The van der Waals surface area contributed by atoms with Gasteiger partial charge in [-0.1, -0.05) is 26.8 Å². The molecule has 5 nitrogen and oxygen atoms in total. The van der Waals surface area contributed by atoms with Crippen molar-refractivity contribution in [1.29, 1.82) is 0 Å². The molecule has 1 N–H and O–H groups in total. The van der Waals surface area contributed by atoms with Crippen molar-refractivity contribution in [2.24, 2.45) is 11.8 Å². The monoisotopic (exact) mass is 291 g/mol. The summed E-state index contributed by atoms with van der Waals surface area (Å²) < 4.78 is 0. The zero-order valence-electron chi connectivity index (χ0n) is 13.1. The second-order valence-electron chi connectivity index (χ2n) is 6.18. The Bertz CT molecular complexity index is 494. The van der Waals surface area contributed by atoms with E-state index in [4.69, 9.17) is 0 Å². The number of hydrogen-bond acceptors (Lipinski definition) is 4. The summed E-state index contributed by atoms with van der Waals surface area (Å²) in [6.45, 7) is 10.3. The van der Waals surface area contributed by atoms with Crippen LogP contribution in [0.1, 0.15) is 32.8 Å². The SMILES string of the molecule is CCCNc1ccc(CN2CC(C)C(C)C2)cc1[N+](=O)[O-]. The van der Waals surface area contributed by atoms with Crippen LogP contribution in [0, 0.1) is 22.0 Å². The minimum Gasteiger partial charge on any atom is -0.380 e. The van der Waals surface area contributed by atoms with Crippen molar-refractivity contribution in [2.75, 3.05) is 25.0 Å². The van der Waals surface area contributed by atoms with Gasteiger partial charge in [-0.2, -0.15) is 0 Å². The molecule has 5 heteroatoms. The van der Waals surface area contributed by atoms with Crippen LogP contribution in [0.4, 0.5) is 11.4 Å². The van der Waals surface area contributed by atoms with Gasteiger partial charge >= 0.3 is 0 Å². The van der Waals surface area contributed by atoms with Gasteiger partial charge in [-0.25, -0.2) is 0 Å². The van der Waals surface area contributed by atoms with Crippen LogP contribution in [0.3, 0.4) is 0 Å². The molecule has 0 aromatic heterocycles. The van der Waals surface area contributed by atoms with Crippen molar-refractivity contribution >= 4 is 11.4 Å². The molecule has 1 heterocycles. The molecule has 21 heavy (non-hydrogen) atoms. The molecule has 2 rings (SSSR count). The van der Waals surface area contributed by atoms with Gasteiger partial charge in [0.05, 0.1) is 4.92 Å². The largest absolute Gasteiger partial charge is 0.380 e. The van der Waals surface area contributed by atoms with Gasteiger partial charge in [-0.05, 0) is 29.9 Å². The number of likely N-dealkylation sites (tertiary alicyclic amines) is 1. The lowest BCUT2D eigenvalue weighted by molar-refractivity contribution is -0.384. The van der Waals surface area contributed by atoms with Crippen LogP contribution in [0.15, 0.2) is 18.2 Å². The van der Waals surface area contributed by atoms with Gasteiger partial charge in [-0.3, -0.25) is 15.0 Å². The first-order chi connectivity index (χ1) is 10.0. The van der Waals surface area contributed by atoms with Crippen LogP contribution in [-0.4, -0.2) is 29.5 Å². The normalized spacial score (nSPS) is 22.4. The fraction of sp³-hybridized carbons (Fsp3) is 0.625. The summed E-state index contributed by atoms with van der Waals surface area (Å²) in [6, 6.07) is 5.55. The van der Waals surface area contributed by atoms with Crippen LogP contribution < -0.4 is 5.32 Å². The number of rotatable bonds is 6. The number of nitro benzene ring substituents is 1. The van der Waals surface area contributed by atoms with E-state index in [2.05, 4.69) is 24.1 Å². The van der Waals surface area contributed by atoms with Crippen molar-refractivity contribution in [3.05, 3.63) is 33.9 Å². The fourth-order valence-corrected chi connectivity index (χ4v) is 2.87. The van der Waals surface area contributed by atoms with Crippen LogP contribution in [0.5, 0.6) is 0 Å². The Morgan fingerprint density at radius 1 is 1.33 bits per heavy atom. The minimum atomic E-state index is -0.295. The highest BCUT2D eigenvalue weighted by Gasteiger charge is 2.26. The van der Waals surface area contributed by atoms with E-state index in [1.807, 2.05) is 19.1 Å². The zero-order valence-corrected chi connectivity index (χ0v) is 13.1. The van der Waals surface area contributed by atoms with Gasteiger partial charge in [0.1, 0.15) is 5.69 Å². The van der Waals surface area contributed by atoms with Crippen LogP contribution in [-0.2, 0) is 6.54 Å². The summed E-state index contributed by atoms with van der Waals surface area (Å²) in [6.07, 6.45) is 0.947. The standard InChI is InChI=1S/C16H25N3O2/c1-4-7-17-15-6-5-14(8-16(15)19(20)21)11-18-9-12(2)13(3)10-18/h5-6,8,12-13,17H,4,7,9-11H2,1-3H3. The Balaban J connectivity index is 2.10. The van der Waals surface area contributed by atoms with Gasteiger partial charge in [0.2, 0.25) is 0 Å². The van der Waals surface area contributed by atoms with Gasteiger partial charge in [0, 0.05) is 32.2 Å². The highest BCUT2D eigenvalue weighted by molar-refractivity contribution is 5.62. The summed E-state index contributed by atoms with van der Waals surface area (Å²) in [5, 5.41) is 14.4. The lowest BCUT2D eigenvalue weighted by Crippen LogP contribution is -2.20. The van der Waals surface area contributed by atoms with Crippen molar-refractivity contribution in [1.82, 2.24) is 4.90 Å². The number of nitrogens with one attached hydrogen (secondary N) is 1. The highest BCUT2D eigenvalue weighted by Crippen LogP contribution is 2.28. The van der Waals surface area contributed by atoms with Gasteiger partial charge < -0.3 is 5.32 Å². The van der Waals surface area contributed by atoms with E-state index >= 15 is 0 Å². The lowest BCUT2D eigenvalue weighted by atomic mass is 10.0. The smallest absolute Gasteiger partial charge is 0.292 e. The van der Waals surface area contributed by atoms with Crippen LogP contribution in [0.2, 0.25) is 0 Å². The summed E-state index contributed by atoms with van der Waals surface area (Å²) in [5.74, 6) is 1.40. The number of nitrogens with zero attached hydrogens (tertiary/aromatic N) is 2. The summed E-state index contributed by atoms with van der Waals surface area (Å²) >= 11 is 0. The molecule has 2 atom stereocenters. The number of hydrogen-bond donors (Lipinski definition) is 1. The molecule has 116 valence electrons. The van der Waals surface area contributed by atoms with E-state index in [1.165, 1.54) is 0 Å². The molecule has 0 radical (unpaired) electrons. The second kappa shape index (κ2) is 6.89. The van der Waals surface area contributed by atoms with Crippen LogP contribution >= 0.6 is 0 Å². The maximum absolute atomic E-state index is 11.2. The van der Waals surface area contributed by atoms with E-state index in [0.29, 0.717) is 17.5 Å². The fourth-order valence-electron chi connectivity index (χ4n) is 2.87. The molecule has 1 aromatic carbocycles. The van der Waals surface area contributed by atoms with Crippen LogP contribution in [0.25, 0.3) is 0 Å². The predicted molar refractivity (Wildman–Crippen MR) is 85.5 cm³/mol. The molecule has 1 fully saturated rings. The molecule has 1 aliphatic rings. The number of benzene rings is 1. The molecule has 1 aliphatic heterocycles. The second-order valence-corrected chi connectivity index (χ2v) is 6.18. The molecule has 0 bridgehead atoms. The number of anilines is 1. The molecular weight excluding hydrogens is 266 g/mol. The molecule has 0 spiro atoms. The average molecular weight is 291 g/mol. The third-order valence-electron chi connectivity index (χ3n) is 4.29. The molecular formula is C16H25N3O2.